The highest BCUT2D eigenvalue weighted by molar-refractivity contribution is 7.99. The second-order valence-electron chi connectivity index (χ2n) is 2.33. The van der Waals surface area contributed by atoms with Crippen LogP contribution in [0.1, 0.15) is 19.8 Å². The van der Waals surface area contributed by atoms with Crippen molar-refractivity contribution in [3.8, 4) is 0 Å². The second-order valence-corrected chi connectivity index (χ2v) is 12.8. The molecule has 0 fully saturated rings. The summed E-state index contributed by atoms with van der Waals surface area (Å²) in [4.78, 5) is 0. The average Bonchev–Trinajstić information content (AvgIpc) is 1.85. The van der Waals surface area contributed by atoms with E-state index in [9.17, 15) is 0 Å². The highest BCUT2D eigenvalue weighted by atomic mass is 35.8. The third kappa shape index (κ3) is 11.4. The predicted octanol–water partition coefficient (Wildman–Crippen LogP) is 4.18. The maximum Gasteiger partial charge on any atom is 0.341 e. The SMILES string of the molecule is CCCSCCC[Si](Cl)(Cl)Cl. The molecule has 0 aliphatic heterocycles. The van der Waals surface area contributed by atoms with Crippen LogP contribution in [0.15, 0.2) is 0 Å². The molecule has 0 saturated heterocycles. The zero-order valence-electron chi connectivity index (χ0n) is 6.58. The molecule has 0 heterocycles. The molecule has 0 radical (unpaired) electrons. The molecule has 0 aliphatic carbocycles. The Labute approximate surface area is 88.1 Å². The molecule has 0 atom stereocenters. The van der Waals surface area contributed by atoms with Crippen molar-refractivity contribution < 1.29 is 0 Å². The van der Waals surface area contributed by atoms with Gasteiger partial charge in [-0.25, -0.2) is 0 Å². The third-order valence-electron chi connectivity index (χ3n) is 1.10. The normalized spacial score (nSPS) is 12.0. The largest absolute Gasteiger partial charge is 0.341 e. The van der Waals surface area contributed by atoms with Crippen molar-refractivity contribution in [1.29, 1.82) is 0 Å². The zero-order valence-corrected chi connectivity index (χ0v) is 10.7. The van der Waals surface area contributed by atoms with Crippen molar-refractivity contribution in [2.24, 2.45) is 0 Å². The van der Waals surface area contributed by atoms with E-state index in [4.69, 9.17) is 33.2 Å². The first-order valence-electron chi connectivity index (χ1n) is 3.70. The Hall–Kier alpha value is 1.44. The van der Waals surface area contributed by atoms with Crippen molar-refractivity contribution >= 4 is 51.0 Å². The summed E-state index contributed by atoms with van der Waals surface area (Å²) in [7, 11) is 0. The van der Waals surface area contributed by atoms with Gasteiger partial charge in [0, 0.05) is 0 Å². The van der Waals surface area contributed by atoms with Gasteiger partial charge in [-0.1, -0.05) is 6.92 Å². The highest BCUT2D eigenvalue weighted by Gasteiger charge is 2.23. The van der Waals surface area contributed by atoms with Gasteiger partial charge in [0.1, 0.15) is 0 Å². The van der Waals surface area contributed by atoms with E-state index in [2.05, 4.69) is 6.92 Å². The number of rotatable bonds is 6. The molecule has 0 spiro atoms. The van der Waals surface area contributed by atoms with Gasteiger partial charge < -0.3 is 0 Å². The molecule has 0 aromatic rings. The van der Waals surface area contributed by atoms with Gasteiger partial charge in [0.05, 0.1) is 0 Å². The maximum absolute atomic E-state index is 5.71. The number of thioether (sulfide) groups is 1. The van der Waals surface area contributed by atoms with Crippen LogP contribution < -0.4 is 0 Å². The van der Waals surface area contributed by atoms with Crippen molar-refractivity contribution in [3.63, 3.8) is 0 Å². The third-order valence-corrected chi connectivity index (χ3v) is 4.99. The summed E-state index contributed by atoms with van der Waals surface area (Å²) < 4.78 is 0. The van der Waals surface area contributed by atoms with Crippen molar-refractivity contribution in [2.75, 3.05) is 11.5 Å². The Morgan fingerprint density at radius 1 is 1.18 bits per heavy atom. The van der Waals surface area contributed by atoms with E-state index >= 15 is 0 Å². The minimum absolute atomic E-state index is 0.800. The molecule has 0 nitrogen and oxygen atoms in total. The first-order valence-corrected chi connectivity index (χ1v) is 10.1. The van der Waals surface area contributed by atoms with Crippen LogP contribution in [0.2, 0.25) is 6.04 Å². The van der Waals surface area contributed by atoms with Crippen LogP contribution in [0.3, 0.4) is 0 Å². The van der Waals surface area contributed by atoms with Crippen LogP contribution in [0.4, 0.5) is 0 Å². The fourth-order valence-corrected chi connectivity index (χ4v) is 3.50. The van der Waals surface area contributed by atoms with E-state index in [0.29, 0.717) is 0 Å². The fraction of sp³-hybridized carbons (Fsp3) is 1.00. The van der Waals surface area contributed by atoms with Gasteiger partial charge >= 0.3 is 6.00 Å². The lowest BCUT2D eigenvalue weighted by atomic mass is 10.6. The van der Waals surface area contributed by atoms with E-state index in [1.165, 1.54) is 12.2 Å². The lowest BCUT2D eigenvalue weighted by molar-refractivity contribution is 1.07. The lowest BCUT2D eigenvalue weighted by Gasteiger charge is -2.05. The van der Waals surface area contributed by atoms with Crippen LogP contribution in [0.25, 0.3) is 0 Å². The first-order chi connectivity index (χ1) is 5.06. The smallest absolute Gasteiger partial charge is 0.162 e. The van der Waals surface area contributed by atoms with Crippen molar-refractivity contribution in [3.05, 3.63) is 0 Å². The molecule has 5 heteroatoms. The summed E-state index contributed by atoms with van der Waals surface area (Å²) in [6.45, 7) is 2.18. The van der Waals surface area contributed by atoms with E-state index in [1.807, 2.05) is 11.8 Å². The summed E-state index contributed by atoms with van der Waals surface area (Å²) in [6.07, 6.45) is 2.28. The standard InChI is InChI=1S/C6H13Cl3SSi/c1-2-4-10-5-3-6-11(7,8)9/h2-6H2,1H3. The number of hydrogen-bond donors (Lipinski definition) is 0. The molecule has 11 heavy (non-hydrogen) atoms. The summed E-state index contributed by atoms with van der Waals surface area (Å²) in [6, 6.07) is -1.51. The van der Waals surface area contributed by atoms with Gasteiger partial charge in [-0.05, 0) is 30.4 Å². The van der Waals surface area contributed by atoms with Crippen LogP contribution >= 0.6 is 45.0 Å². The molecule has 0 bridgehead atoms. The van der Waals surface area contributed by atoms with E-state index in [0.717, 1.165) is 18.2 Å². The highest BCUT2D eigenvalue weighted by Crippen LogP contribution is 2.27. The van der Waals surface area contributed by atoms with Crippen LogP contribution in [-0.4, -0.2) is 17.5 Å². The molecule has 0 aliphatic rings. The first kappa shape index (κ1) is 12.4. The van der Waals surface area contributed by atoms with Gasteiger partial charge in [0.15, 0.2) is 0 Å². The number of hydrogen-bond acceptors (Lipinski definition) is 1. The fourth-order valence-electron chi connectivity index (χ4n) is 0.621. The Morgan fingerprint density at radius 3 is 2.27 bits per heavy atom. The van der Waals surface area contributed by atoms with E-state index < -0.39 is 6.00 Å². The molecule has 0 aromatic carbocycles. The van der Waals surface area contributed by atoms with E-state index in [1.54, 1.807) is 0 Å². The van der Waals surface area contributed by atoms with E-state index in [-0.39, 0.29) is 0 Å². The summed E-state index contributed by atoms with van der Waals surface area (Å²) in [5.41, 5.74) is 0. The molecule has 68 valence electrons. The topological polar surface area (TPSA) is 0 Å². The maximum atomic E-state index is 5.71. The summed E-state index contributed by atoms with van der Waals surface area (Å²) >= 11 is 19.1. The lowest BCUT2D eigenvalue weighted by Crippen LogP contribution is -2.08. The molecule has 0 amide bonds. The van der Waals surface area contributed by atoms with Crippen molar-refractivity contribution in [1.82, 2.24) is 0 Å². The molecule has 0 aromatic heterocycles. The van der Waals surface area contributed by atoms with Gasteiger partial charge in [-0.15, -0.1) is 33.2 Å². The average molecular weight is 252 g/mol. The van der Waals surface area contributed by atoms with Crippen LogP contribution in [0, 0.1) is 0 Å². The van der Waals surface area contributed by atoms with Crippen LogP contribution in [0.5, 0.6) is 0 Å². The Morgan fingerprint density at radius 2 is 1.82 bits per heavy atom. The summed E-state index contributed by atoms with van der Waals surface area (Å²) in [5, 5.41) is 0. The molecule has 0 N–H and O–H groups in total. The van der Waals surface area contributed by atoms with Gasteiger partial charge in [-0.3, -0.25) is 0 Å². The second kappa shape index (κ2) is 6.90. The molecule has 0 rings (SSSR count). The monoisotopic (exact) mass is 250 g/mol. The molecule has 0 unspecified atom stereocenters. The predicted molar refractivity (Wildman–Crippen MR) is 60.4 cm³/mol. The molecule has 0 saturated carbocycles. The molecular formula is C6H13Cl3SSi. The van der Waals surface area contributed by atoms with Crippen molar-refractivity contribution in [2.45, 2.75) is 25.8 Å². The van der Waals surface area contributed by atoms with Gasteiger partial charge in [0.25, 0.3) is 0 Å². The Balaban J connectivity index is 3.02. The van der Waals surface area contributed by atoms with Gasteiger partial charge in [0.2, 0.25) is 0 Å². The minimum Gasteiger partial charge on any atom is -0.162 e. The Bertz CT molecular complexity index is 94.3. The molecular weight excluding hydrogens is 239 g/mol. The Kier molecular flexibility index (Phi) is 7.80. The number of halogens is 3. The zero-order chi connectivity index (χ0) is 8.74. The van der Waals surface area contributed by atoms with Gasteiger partial charge in [-0.2, -0.15) is 11.8 Å². The van der Waals surface area contributed by atoms with Crippen LogP contribution in [-0.2, 0) is 0 Å². The summed E-state index contributed by atoms with van der Waals surface area (Å²) in [5.74, 6) is 2.36. The quantitative estimate of drug-likeness (QED) is 0.388. The minimum atomic E-state index is -2.31.